The van der Waals surface area contributed by atoms with Gasteiger partial charge >= 0.3 is 12.3 Å². The molecule has 2 aromatic heterocycles. The molecule has 212 valence electrons. The van der Waals surface area contributed by atoms with E-state index in [1.54, 1.807) is 11.0 Å². The summed E-state index contributed by atoms with van der Waals surface area (Å²) in [7, 11) is 0. The van der Waals surface area contributed by atoms with Crippen LogP contribution in [0, 0.1) is 17.2 Å². The van der Waals surface area contributed by atoms with E-state index in [0.29, 0.717) is 38.2 Å². The summed E-state index contributed by atoms with van der Waals surface area (Å²) in [5.41, 5.74) is -1.78. The zero-order valence-electron chi connectivity index (χ0n) is 21.6. The number of aromatic nitrogens is 3. The molecule has 1 spiro atoms. The minimum atomic E-state index is -4.83. The Kier molecular flexibility index (Phi) is 6.37. The topological polar surface area (TPSA) is 119 Å². The van der Waals surface area contributed by atoms with Gasteiger partial charge in [-0.1, -0.05) is 0 Å². The van der Waals surface area contributed by atoms with Crippen LogP contribution in [0.15, 0.2) is 36.7 Å². The molecular weight excluding hydrogens is 559 g/mol. The molecule has 0 bridgehead atoms. The Morgan fingerprint density at radius 2 is 1.93 bits per heavy atom. The summed E-state index contributed by atoms with van der Waals surface area (Å²) < 4.78 is 42.8. The molecule has 2 amide bonds. The molecule has 3 aliphatic rings. The lowest BCUT2D eigenvalue weighted by atomic mass is 9.75. The molecule has 0 unspecified atom stereocenters. The van der Waals surface area contributed by atoms with Gasteiger partial charge in [0.25, 0.3) is 5.91 Å². The summed E-state index contributed by atoms with van der Waals surface area (Å²) in [5.74, 6) is -0.130. The van der Waals surface area contributed by atoms with E-state index in [0.717, 1.165) is 47.3 Å². The first-order chi connectivity index (χ1) is 19.5. The fraction of sp³-hybridized carbons (Fsp3) is 0.407. The fourth-order valence-corrected chi connectivity index (χ4v) is 6.43. The molecule has 2 aliphatic heterocycles. The lowest BCUT2D eigenvalue weighted by Crippen LogP contribution is -2.55. The number of anilines is 2. The number of pyridine rings is 1. The number of piperidine rings is 1. The summed E-state index contributed by atoms with van der Waals surface area (Å²) in [6, 6.07) is 7.69. The van der Waals surface area contributed by atoms with E-state index in [9.17, 15) is 27.9 Å². The van der Waals surface area contributed by atoms with E-state index in [2.05, 4.69) is 10.1 Å². The van der Waals surface area contributed by atoms with E-state index < -0.39 is 35.0 Å². The molecule has 3 aromatic rings. The van der Waals surface area contributed by atoms with Gasteiger partial charge in [-0.25, -0.2) is 9.78 Å². The molecule has 41 heavy (non-hydrogen) atoms. The van der Waals surface area contributed by atoms with Crippen LogP contribution in [0.25, 0.3) is 10.9 Å². The molecule has 4 heterocycles. The van der Waals surface area contributed by atoms with Gasteiger partial charge in [0.15, 0.2) is 10.8 Å². The molecule has 1 saturated carbocycles. The molecule has 1 aromatic carbocycles. The molecule has 2 saturated heterocycles. The highest BCUT2D eigenvalue weighted by Gasteiger charge is 2.59. The number of hydrogen-bond donors (Lipinski definition) is 1. The SMILES string of the molecule is N#Cc1ncc(N2C(=O)C3(CCC3)N(c3ccc4nn(CC5CCN(C(=O)O)CC5)cc4c3)C2=S)cc1C(F)(F)F. The van der Waals surface area contributed by atoms with Crippen molar-refractivity contribution in [3.05, 3.63) is 47.9 Å². The summed E-state index contributed by atoms with van der Waals surface area (Å²) in [6.45, 7) is 1.62. The lowest BCUT2D eigenvalue weighted by molar-refractivity contribution is -0.138. The van der Waals surface area contributed by atoms with Crippen molar-refractivity contribution in [1.82, 2.24) is 19.7 Å². The maximum atomic E-state index is 13.7. The Morgan fingerprint density at radius 1 is 1.20 bits per heavy atom. The summed E-state index contributed by atoms with van der Waals surface area (Å²) in [6.07, 6.45) is 0.473. The number of rotatable bonds is 4. The number of carbonyl (C=O) groups excluding carboxylic acids is 1. The molecular formula is C27H24F3N7O3S. The predicted molar refractivity (Wildman–Crippen MR) is 145 cm³/mol. The van der Waals surface area contributed by atoms with Crippen molar-refractivity contribution in [2.45, 2.75) is 50.4 Å². The Hall–Kier alpha value is -4.25. The Labute approximate surface area is 237 Å². The van der Waals surface area contributed by atoms with E-state index in [1.807, 2.05) is 23.0 Å². The number of carboxylic acid groups (broad SMARTS) is 1. The number of halogens is 3. The molecule has 1 aliphatic carbocycles. The first-order valence-electron chi connectivity index (χ1n) is 13.1. The van der Waals surface area contributed by atoms with Crippen LogP contribution in [0.4, 0.5) is 29.3 Å². The number of carbonyl (C=O) groups is 2. The summed E-state index contributed by atoms with van der Waals surface area (Å²) >= 11 is 5.70. The smallest absolute Gasteiger partial charge is 0.419 e. The number of likely N-dealkylation sites (tertiary alicyclic amines) is 1. The van der Waals surface area contributed by atoms with Crippen LogP contribution in [0.3, 0.4) is 0 Å². The average molecular weight is 584 g/mol. The highest BCUT2D eigenvalue weighted by atomic mass is 32.1. The highest BCUT2D eigenvalue weighted by molar-refractivity contribution is 7.81. The lowest BCUT2D eigenvalue weighted by Gasteiger charge is -2.43. The minimum Gasteiger partial charge on any atom is -0.465 e. The van der Waals surface area contributed by atoms with Gasteiger partial charge in [0, 0.05) is 36.9 Å². The standard InChI is InChI=1S/C27H24F3N7O3S/c28-27(29,30)20-11-19(13-32-22(20)12-31)36-23(38)26(6-1-7-26)37(24(36)41)18-2-3-21-17(10-18)15-35(33-21)14-16-4-8-34(9-5-16)25(39)40/h2-3,10-11,13,15-16H,1,4-9,14H2,(H,39,40). The maximum Gasteiger partial charge on any atom is 0.419 e. The van der Waals surface area contributed by atoms with Crippen molar-refractivity contribution < 1.29 is 27.9 Å². The number of nitriles is 1. The molecule has 10 nitrogen and oxygen atoms in total. The van der Waals surface area contributed by atoms with Crippen molar-refractivity contribution in [3.8, 4) is 6.07 Å². The Bertz CT molecular complexity index is 1620. The second-order valence-corrected chi connectivity index (χ2v) is 11.0. The maximum absolute atomic E-state index is 13.7. The molecule has 3 fully saturated rings. The van der Waals surface area contributed by atoms with Crippen LogP contribution in [-0.2, 0) is 17.5 Å². The summed E-state index contributed by atoms with van der Waals surface area (Å²) in [4.78, 5) is 32.8. The van der Waals surface area contributed by atoms with Crippen LogP contribution >= 0.6 is 12.2 Å². The van der Waals surface area contributed by atoms with Crippen LogP contribution in [0.5, 0.6) is 0 Å². The normalized spacial score (nSPS) is 19.2. The third-order valence-corrected chi connectivity index (χ3v) is 8.62. The third-order valence-electron chi connectivity index (χ3n) is 8.26. The fourth-order valence-electron chi connectivity index (χ4n) is 5.96. The van der Waals surface area contributed by atoms with Gasteiger partial charge in [0.2, 0.25) is 0 Å². The van der Waals surface area contributed by atoms with Crippen molar-refractivity contribution in [3.63, 3.8) is 0 Å². The molecule has 0 radical (unpaired) electrons. The average Bonchev–Trinajstić information content (AvgIpc) is 3.42. The van der Waals surface area contributed by atoms with E-state index >= 15 is 0 Å². The van der Waals surface area contributed by atoms with Crippen molar-refractivity contribution >= 4 is 51.6 Å². The van der Waals surface area contributed by atoms with Crippen molar-refractivity contribution in [2.24, 2.45) is 5.92 Å². The van der Waals surface area contributed by atoms with Crippen molar-refractivity contribution in [2.75, 3.05) is 22.9 Å². The molecule has 1 N–H and O–H groups in total. The molecule has 14 heteroatoms. The zero-order chi connectivity index (χ0) is 29.1. The summed E-state index contributed by atoms with van der Waals surface area (Å²) in [5, 5.41) is 23.8. The monoisotopic (exact) mass is 583 g/mol. The largest absolute Gasteiger partial charge is 0.465 e. The van der Waals surface area contributed by atoms with Gasteiger partial charge in [-0.15, -0.1) is 0 Å². The van der Waals surface area contributed by atoms with Gasteiger partial charge in [-0.2, -0.15) is 23.5 Å². The quantitative estimate of drug-likeness (QED) is 0.437. The predicted octanol–water partition coefficient (Wildman–Crippen LogP) is 4.77. The van der Waals surface area contributed by atoms with Gasteiger partial charge in [-0.3, -0.25) is 14.4 Å². The third kappa shape index (κ3) is 4.44. The van der Waals surface area contributed by atoms with E-state index in [-0.39, 0.29) is 16.7 Å². The second kappa shape index (κ2) is 9.69. The number of fused-ring (bicyclic) bond motifs is 1. The number of thiocarbonyl (C=S) groups is 1. The van der Waals surface area contributed by atoms with Crippen LogP contribution < -0.4 is 9.80 Å². The number of benzene rings is 1. The first kappa shape index (κ1) is 26.9. The first-order valence-corrected chi connectivity index (χ1v) is 13.5. The van der Waals surface area contributed by atoms with Gasteiger partial charge < -0.3 is 14.9 Å². The van der Waals surface area contributed by atoms with Gasteiger partial charge in [0.1, 0.15) is 11.6 Å². The molecule has 0 atom stereocenters. The number of hydrogen-bond acceptors (Lipinski definition) is 6. The van der Waals surface area contributed by atoms with Gasteiger partial charge in [-0.05, 0) is 74.5 Å². The second-order valence-electron chi connectivity index (χ2n) is 10.7. The van der Waals surface area contributed by atoms with Crippen LogP contribution in [0.1, 0.15) is 43.4 Å². The zero-order valence-corrected chi connectivity index (χ0v) is 22.5. The number of alkyl halides is 3. The Balaban J connectivity index is 1.29. The van der Waals surface area contributed by atoms with Crippen LogP contribution in [0.2, 0.25) is 0 Å². The molecule has 6 rings (SSSR count). The Morgan fingerprint density at radius 3 is 2.54 bits per heavy atom. The minimum absolute atomic E-state index is 0.0475. The van der Waals surface area contributed by atoms with Crippen LogP contribution in [-0.4, -0.2) is 60.5 Å². The van der Waals surface area contributed by atoms with Crippen molar-refractivity contribution in [1.29, 1.82) is 5.26 Å². The van der Waals surface area contributed by atoms with Gasteiger partial charge in [0.05, 0.1) is 23.0 Å². The number of nitrogens with zero attached hydrogens (tertiary/aromatic N) is 7. The number of amides is 2. The van der Waals surface area contributed by atoms with E-state index in [1.165, 1.54) is 11.0 Å². The highest BCUT2D eigenvalue weighted by Crippen LogP contribution is 2.48. The van der Waals surface area contributed by atoms with E-state index in [4.69, 9.17) is 17.5 Å².